The van der Waals surface area contributed by atoms with Crippen molar-refractivity contribution in [3.63, 3.8) is 0 Å². The number of likely N-dealkylation sites (N-methyl/N-ethyl adjacent to an activating group) is 1. The summed E-state index contributed by atoms with van der Waals surface area (Å²) in [7, 11) is 3.84. The van der Waals surface area contributed by atoms with Crippen LogP contribution in [0, 0.1) is 6.92 Å². The Morgan fingerprint density at radius 1 is 0.921 bits per heavy atom. The first-order valence-corrected chi connectivity index (χ1v) is 13.7. The summed E-state index contributed by atoms with van der Waals surface area (Å²) in [6, 6.07) is 12.2. The van der Waals surface area contributed by atoms with Crippen molar-refractivity contribution >= 4 is 17.4 Å². The molecule has 0 aliphatic carbocycles. The van der Waals surface area contributed by atoms with E-state index in [0.717, 1.165) is 49.0 Å². The number of Topliss-reactive ketones (excluding diaryl/α,β-unsaturated/α-hetero) is 1. The highest BCUT2D eigenvalue weighted by atomic mass is 16.5. The molecule has 7 heteroatoms. The quantitative estimate of drug-likeness (QED) is 0.148. The number of aliphatic hydroxyl groups is 1. The van der Waals surface area contributed by atoms with E-state index in [4.69, 9.17) is 9.47 Å². The number of unbranched alkanes of at least 4 members (excludes halogenated alkanes) is 3. The summed E-state index contributed by atoms with van der Waals surface area (Å²) in [6.45, 7) is 8.33. The molecule has 1 aliphatic heterocycles. The summed E-state index contributed by atoms with van der Waals surface area (Å²) < 4.78 is 11.6. The van der Waals surface area contributed by atoms with Gasteiger partial charge in [0.15, 0.2) is 0 Å². The minimum atomic E-state index is -0.691. The fraction of sp³-hybridized carbons (Fsp3) is 0.484. The highest BCUT2D eigenvalue weighted by Gasteiger charge is 2.46. The Labute approximate surface area is 227 Å². The number of aryl methyl sites for hydroxylation is 1. The van der Waals surface area contributed by atoms with Gasteiger partial charge in [0.05, 0.1) is 24.8 Å². The third-order valence-corrected chi connectivity index (χ3v) is 6.76. The van der Waals surface area contributed by atoms with E-state index in [0.29, 0.717) is 37.6 Å². The second kappa shape index (κ2) is 14.0. The molecule has 0 radical (unpaired) electrons. The van der Waals surface area contributed by atoms with Crippen LogP contribution in [0.4, 0.5) is 0 Å². The average molecular weight is 523 g/mol. The van der Waals surface area contributed by atoms with Crippen molar-refractivity contribution in [3.8, 4) is 11.5 Å². The van der Waals surface area contributed by atoms with Gasteiger partial charge in [-0.2, -0.15) is 0 Å². The Morgan fingerprint density at radius 2 is 1.55 bits per heavy atom. The van der Waals surface area contributed by atoms with Crippen molar-refractivity contribution in [1.29, 1.82) is 0 Å². The van der Waals surface area contributed by atoms with Crippen LogP contribution < -0.4 is 9.47 Å². The predicted molar refractivity (Wildman–Crippen MR) is 151 cm³/mol. The van der Waals surface area contributed by atoms with Crippen LogP contribution in [0.5, 0.6) is 11.5 Å². The average Bonchev–Trinajstić information content (AvgIpc) is 3.15. The standard InChI is InChI=1S/C31H42N2O5/c1-6-8-10-20-37-24-13-11-23(12-14-24)28-27(30(35)31(36)33(28)18-17-32(4)5)29(34)26-16-15-25(21-22(26)3)38-19-9-7-2/h11-16,21,28,34H,6-10,17-20H2,1-5H3/b29-27+. The molecule has 7 nitrogen and oxygen atoms in total. The normalized spacial score (nSPS) is 16.9. The zero-order chi connectivity index (χ0) is 27.7. The van der Waals surface area contributed by atoms with Gasteiger partial charge in [-0.15, -0.1) is 0 Å². The number of hydrogen-bond donors (Lipinski definition) is 1. The Bertz CT molecular complexity index is 1120. The zero-order valence-corrected chi connectivity index (χ0v) is 23.5. The van der Waals surface area contributed by atoms with Gasteiger partial charge in [0, 0.05) is 18.7 Å². The van der Waals surface area contributed by atoms with Crippen LogP contribution in [0.15, 0.2) is 48.0 Å². The second-order valence-electron chi connectivity index (χ2n) is 10.1. The Kier molecular flexibility index (Phi) is 10.8. The van der Waals surface area contributed by atoms with Crippen LogP contribution in [0.25, 0.3) is 5.76 Å². The molecule has 1 atom stereocenters. The molecule has 1 fully saturated rings. The van der Waals surface area contributed by atoms with Gasteiger partial charge < -0.3 is 24.4 Å². The number of benzene rings is 2. The minimum Gasteiger partial charge on any atom is -0.507 e. The number of amides is 1. The number of hydrogen-bond acceptors (Lipinski definition) is 6. The monoisotopic (exact) mass is 522 g/mol. The lowest BCUT2D eigenvalue weighted by atomic mass is 9.94. The molecule has 1 saturated heterocycles. The van der Waals surface area contributed by atoms with Gasteiger partial charge >= 0.3 is 0 Å². The smallest absolute Gasteiger partial charge is 0.295 e. The van der Waals surface area contributed by atoms with E-state index in [9.17, 15) is 14.7 Å². The van der Waals surface area contributed by atoms with E-state index >= 15 is 0 Å². The number of ether oxygens (including phenoxy) is 2. The molecule has 1 aliphatic rings. The maximum absolute atomic E-state index is 13.3. The fourth-order valence-corrected chi connectivity index (χ4v) is 4.52. The van der Waals surface area contributed by atoms with Gasteiger partial charge in [0.2, 0.25) is 0 Å². The summed E-state index contributed by atoms with van der Waals surface area (Å²) in [6.07, 6.45) is 5.23. The van der Waals surface area contributed by atoms with Gasteiger partial charge in [-0.05, 0) is 75.3 Å². The first-order chi connectivity index (χ1) is 18.3. The molecule has 0 aromatic heterocycles. The van der Waals surface area contributed by atoms with Crippen LogP contribution in [0.1, 0.15) is 68.7 Å². The third-order valence-electron chi connectivity index (χ3n) is 6.76. The lowest BCUT2D eigenvalue weighted by Gasteiger charge is -2.27. The van der Waals surface area contributed by atoms with E-state index in [1.165, 1.54) is 0 Å². The molecule has 3 rings (SSSR count). The van der Waals surface area contributed by atoms with E-state index in [-0.39, 0.29) is 11.3 Å². The van der Waals surface area contributed by atoms with E-state index in [1.807, 2.05) is 56.3 Å². The summed E-state index contributed by atoms with van der Waals surface area (Å²) in [5.74, 6) is 0.0112. The van der Waals surface area contributed by atoms with Crippen molar-refractivity contribution in [2.24, 2.45) is 0 Å². The van der Waals surface area contributed by atoms with Crippen LogP contribution in [0.3, 0.4) is 0 Å². The topological polar surface area (TPSA) is 79.3 Å². The molecule has 0 saturated carbocycles. The van der Waals surface area contributed by atoms with Gasteiger partial charge in [0.1, 0.15) is 17.3 Å². The predicted octanol–water partition coefficient (Wildman–Crippen LogP) is 5.73. The van der Waals surface area contributed by atoms with Gasteiger partial charge in [0.25, 0.3) is 11.7 Å². The number of carbonyl (C=O) groups excluding carboxylic acids is 2. The largest absolute Gasteiger partial charge is 0.507 e. The Morgan fingerprint density at radius 3 is 2.18 bits per heavy atom. The zero-order valence-electron chi connectivity index (χ0n) is 23.5. The first-order valence-electron chi connectivity index (χ1n) is 13.7. The van der Waals surface area contributed by atoms with Crippen molar-refractivity contribution < 1.29 is 24.2 Å². The Hall–Kier alpha value is -3.32. The van der Waals surface area contributed by atoms with Crippen molar-refractivity contribution in [2.75, 3.05) is 40.4 Å². The maximum atomic E-state index is 13.3. The SMILES string of the molecule is CCCCCOc1ccc(C2/C(=C(\O)c3ccc(OCCCC)cc3C)C(=O)C(=O)N2CCN(C)C)cc1. The van der Waals surface area contributed by atoms with Crippen LogP contribution >= 0.6 is 0 Å². The molecule has 0 bridgehead atoms. The van der Waals surface area contributed by atoms with Crippen molar-refractivity contribution in [3.05, 3.63) is 64.7 Å². The number of carbonyl (C=O) groups is 2. The fourth-order valence-electron chi connectivity index (χ4n) is 4.52. The lowest BCUT2D eigenvalue weighted by molar-refractivity contribution is -0.140. The molecule has 1 heterocycles. The molecule has 0 spiro atoms. The number of rotatable bonds is 14. The molecule has 2 aromatic rings. The van der Waals surface area contributed by atoms with Crippen molar-refractivity contribution in [1.82, 2.24) is 9.80 Å². The van der Waals surface area contributed by atoms with Crippen molar-refractivity contribution in [2.45, 2.75) is 58.9 Å². The summed E-state index contributed by atoms with van der Waals surface area (Å²) in [5, 5.41) is 11.4. The van der Waals surface area contributed by atoms with Gasteiger partial charge in [-0.25, -0.2) is 0 Å². The van der Waals surface area contributed by atoms with E-state index in [1.54, 1.807) is 17.0 Å². The molecule has 1 N–H and O–H groups in total. The minimum absolute atomic E-state index is 0.105. The van der Waals surface area contributed by atoms with Crippen LogP contribution in [0.2, 0.25) is 0 Å². The number of likely N-dealkylation sites (tertiary alicyclic amines) is 1. The van der Waals surface area contributed by atoms with Crippen LogP contribution in [-0.2, 0) is 9.59 Å². The molecule has 2 aromatic carbocycles. The molecular formula is C31H42N2O5. The molecule has 206 valence electrons. The molecule has 1 unspecified atom stereocenters. The number of ketones is 1. The van der Waals surface area contributed by atoms with E-state index < -0.39 is 17.7 Å². The van der Waals surface area contributed by atoms with Gasteiger partial charge in [-0.1, -0.05) is 45.2 Å². The lowest BCUT2D eigenvalue weighted by Crippen LogP contribution is -2.35. The summed E-state index contributed by atoms with van der Waals surface area (Å²) >= 11 is 0. The van der Waals surface area contributed by atoms with Gasteiger partial charge in [-0.3, -0.25) is 9.59 Å². The summed E-state index contributed by atoms with van der Waals surface area (Å²) in [5.41, 5.74) is 2.14. The second-order valence-corrected chi connectivity index (χ2v) is 10.1. The number of aliphatic hydroxyl groups excluding tert-OH is 1. The summed E-state index contributed by atoms with van der Waals surface area (Å²) in [4.78, 5) is 30.0. The third kappa shape index (κ3) is 7.16. The highest BCUT2D eigenvalue weighted by molar-refractivity contribution is 6.46. The first kappa shape index (κ1) is 29.2. The highest BCUT2D eigenvalue weighted by Crippen LogP contribution is 2.40. The van der Waals surface area contributed by atoms with Crippen LogP contribution in [-0.4, -0.2) is 67.0 Å². The molecular weight excluding hydrogens is 480 g/mol. The maximum Gasteiger partial charge on any atom is 0.295 e. The Balaban J connectivity index is 1.97. The number of nitrogens with zero attached hydrogens (tertiary/aromatic N) is 2. The molecule has 1 amide bonds. The molecule has 38 heavy (non-hydrogen) atoms. The van der Waals surface area contributed by atoms with E-state index in [2.05, 4.69) is 13.8 Å².